The topological polar surface area (TPSA) is 40.5 Å². The van der Waals surface area contributed by atoms with Gasteiger partial charge >= 0.3 is 0 Å². The van der Waals surface area contributed by atoms with Gasteiger partial charge in [0.15, 0.2) is 0 Å². The Balaban J connectivity index is 2.92. The third-order valence-electron chi connectivity index (χ3n) is 4.83. The molecule has 0 amide bonds. The molecule has 0 saturated heterocycles. The van der Waals surface area contributed by atoms with E-state index < -0.39 is 30.1 Å². The lowest BCUT2D eigenvalue weighted by Gasteiger charge is -2.46. The Bertz CT molecular complexity index is 674. The number of phenols is 2. The molecule has 6 heteroatoms. The smallest absolute Gasteiger partial charge is 0.267 e. The monoisotopic (exact) mass is 384 g/mol. The second-order valence-corrected chi connectivity index (χ2v) is 6.75. The number of rotatable bonds is 8. The fraction of sp³-hybridized carbons (Fsp3) is 0.429. The predicted octanol–water partition coefficient (Wildman–Crippen LogP) is 6.25. The Morgan fingerprint density at radius 3 is 1.19 bits per heavy atom. The summed E-state index contributed by atoms with van der Waals surface area (Å²) in [4.78, 5) is 0. The first-order chi connectivity index (χ1) is 12.6. The summed E-state index contributed by atoms with van der Waals surface area (Å²) in [5.41, 5.74) is -3.47. The van der Waals surface area contributed by atoms with Gasteiger partial charge in [0.1, 0.15) is 16.9 Å². The number of phenolic OH excluding ortho intramolecular Hbond substituents is 2. The third kappa shape index (κ3) is 3.62. The first-order valence-electron chi connectivity index (χ1n) is 8.97. The van der Waals surface area contributed by atoms with Gasteiger partial charge in [0, 0.05) is 12.8 Å². The van der Waals surface area contributed by atoms with Crippen LogP contribution in [0.2, 0.25) is 0 Å². The summed E-state index contributed by atoms with van der Waals surface area (Å²) in [6.45, 7) is 3.04. The van der Waals surface area contributed by atoms with E-state index in [4.69, 9.17) is 0 Å². The first kappa shape index (κ1) is 21.1. The summed E-state index contributed by atoms with van der Waals surface area (Å²) >= 11 is 0. The molecule has 0 fully saturated rings. The van der Waals surface area contributed by atoms with E-state index in [1.165, 1.54) is 13.8 Å². The lowest BCUT2D eigenvalue weighted by molar-refractivity contribution is -0.184. The molecule has 0 atom stereocenters. The molecule has 0 spiro atoms. The van der Waals surface area contributed by atoms with E-state index in [1.807, 2.05) is 0 Å². The first-order valence-corrected chi connectivity index (χ1v) is 8.97. The maximum absolute atomic E-state index is 15.5. The van der Waals surface area contributed by atoms with Crippen LogP contribution in [0.1, 0.15) is 50.7 Å². The van der Waals surface area contributed by atoms with Crippen LogP contribution in [0.4, 0.5) is 17.6 Å². The van der Waals surface area contributed by atoms with Crippen molar-refractivity contribution in [1.82, 2.24) is 0 Å². The number of benzene rings is 2. The van der Waals surface area contributed by atoms with E-state index in [9.17, 15) is 10.2 Å². The molecule has 2 rings (SSSR count). The Labute approximate surface area is 156 Å². The number of alkyl halides is 4. The quantitative estimate of drug-likeness (QED) is 0.528. The highest BCUT2D eigenvalue weighted by Gasteiger charge is 2.68. The number of aromatic hydroxyl groups is 2. The molecule has 2 aromatic rings. The predicted molar refractivity (Wildman–Crippen MR) is 96.7 cm³/mol. The normalized spacial score (nSPS) is 13.0. The molecular weight excluding hydrogens is 360 g/mol. The van der Waals surface area contributed by atoms with E-state index in [0.29, 0.717) is 0 Å². The van der Waals surface area contributed by atoms with Gasteiger partial charge in [-0.15, -0.1) is 0 Å². The average Bonchev–Trinajstić information content (AvgIpc) is 2.58. The van der Waals surface area contributed by atoms with Gasteiger partial charge in [-0.2, -0.15) is 0 Å². The van der Waals surface area contributed by atoms with Crippen molar-refractivity contribution in [3.05, 3.63) is 59.7 Å². The lowest BCUT2D eigenvalue weighted by Crippen LogP contribution is -2.58. The zero-order valence-electron chi connectivity index (χ0n) is 15.4. The van der Waals surface area contributed by atoms with Crippen LogP contribution >= 0.6 is 0 Å². The molecule has 2 aromatic carbocycles. The minimum absolute atomic E-state index is 0.0210. The van der Waals surface area contributed by atoms with Crippen LogP contribution in [-0.2, 0) is 5.41 Å². The molecule has 0 unspecified atom stereocenters. The maximum atomic E-state index is 15.5. The summed E-state index contributed by atoms with van der Waals surface area (Å²) < 4.78 is 62.1. The van der Waals surface area contributed by atoms with Crippen LogP contribution in [0.5, 0.6) is 11.5 Å². The Morgan fingerprint density at radius 1 is 0.630 bits per heavy atom. The molecule has 0 bridgehead atoms. The molecule has 0 aliphatic carbocycles. The van der Waals surface area contributed by atoms with Crippen LogP contribution in [0.25, 0.3) is 0 Å². The molecule has 2 N–H and O–H groups in total. The zero-order chi connectivity index (χ0) is 20.3. The highest BCUT2D eigenvalue weighted by Crippen LogP contribution is 2.58. The minimum atomic E-state index is -3.77. The Hall–Kier alpha value is -2.24. The second-order valence-electron chi connectivity index (χ2n) is 6.75. The van der Waals surface area contributed by atoms with E-state index in [0.717, 1.165) is 48.5 Å². The standard InChI is InChI=1S/C21H24F4O2/c1-3-13-19(22,23)21(20(24,25)14-4-2,15-5-9-17(26)10-6-15)16-7-11-18(27)12-8-16/h5-12,26-27H,3-4,13-14H2,1-2H3. The van der Waals surface area contributed by atoms with Crippen LogP contribution in [0.3, 0.4) is 0 Å². The van der Waals surface area contributed by atoms with Crippen LogP contribution in [-0.4, -0.2) is 22.1 Å². The van der Waals surface area contributed by atoms with Gasteiger partial charge in [-0.25, -0.2) is 17.6 Å². The van der Waals surface area contributed by atoms with Crippen LogP contribution in [0, 0.1) is 0 Å². The summed E-state index contributed by atoms with van der Waals surface area (Å²) in [5, 5.41) is 19.1. The highest BCUT2D eigenvalue weighted by molar-refractivity contribution is 5.48. The molecule has 0 radical (unpaired) electrons. The van der Waals surface area contributed by atoms with Gasteiger partial charge in [0.05, 0.1) is 0 Å². The molecular formula is C21H24F4O2. The van der Waals surface area contributed by atoms with E-state index in [2.05, 4.69) is 0 Å². The summed E-state index contributed by atoms with van der Waals surface area (Å²) in [7, 11) is 0. The van der Waals surface area contributed by atoms with Gasteiger partial charge in [-0.1, -0.05) is 51.0 Å². The number of halogens is 4. The fourth-order valence-corrected chi connectivity index (χ4v) is 3.70. The maximum Gasteiger partial charge on any atom is 0.267 e. The van der Waals surface area contributed by atoms with E-state index in [1.54, 1.807) is 0 Å². The van der Waals surface area contributed by atoms with Gasteiger partial charge in [-0.3, -0.25) is 0 Å². The molecule has 0 aliphatic rings. The van der Waals surface area contributed by atoms with Crippen molar-refractivity contribution in [3.8, 4) is 11.5 Å². The summed E-state index contributed by atoms with van der Waals surface area (Å²) in [6, 6.07) is 9.02. The lowest BCUT2D eigenvalue weighted by atomic mass is 9.63. The van der Waals surface area contributed by atoms with Crippen molar-refractivity contribution < 1.29 is 27.8 Å². The molecule has 0 saturated carbocycles. The molecule has 0 heterocycles. The van der Waals surface area contributed by atoms with Gasteiger partial charge in [0.25, 0.3) is 11.8 Å². The molecule has 0 aromatic heterocycles. The van der Waals surface area contributed by atoms with Gasteiger partial charge in [0.2, 0.25) is 0 Å². The molecule has 148 valence electrons. The van der Waals surface area contributed by atoms with Crippen LogP contribution < -0.4 is 0 Å². The third-order valence-corrected chi connectivity index (χ3v) is 4.83. The van der Waals surface area contributed by atoms with Crippen molar-refractivity contribution in [1.29, 1.82) is 0 Å². The van der Waals surface area contributed by atoms with Crippen LogP contribution in [0.15, 0.2) is 48.5 Å². The summed E-state index contributed by atoms with van der Waals surface area (Å²) in [5.74, 6) is -7.94. The van der Waals surface area contributed by atoms with Crippen molar-refractivity contribution >= 4 is 0 Å². The number of hydrogen-bond acceptors (Lipinski definition) is 2. The van der Waals surface area contributed by atoms with E-state index in [-0.39, 0.29) is 35.5 Å². The zero-order valence-corrected chi connectivity index (χ0v) is 15.4. The van der Waals surface area contributed by atoms with Crippen molar-refractivity contribution in [2.45, 2.75) is 56.8 Å². The minimum Gasteiger partial charge on any atom is -0.508 e. The molecule has 27 heavy (non-hydrogen) atoms. The second kappa shape index (κ2) is 7.79. The molecule has 0 aliphatic heterocycles. The van der Waals surface area contributed by atoms with Gasteiger partial charge in [-0.05, 0) is 35.4 Å². The Morgan fingerprint density at radius 2 is 0.926 bits per heavy atom. The Kier molecular flexibility index (Phi) is 6.07. The average molecular weight is 384 g/mol. The fourth-order valence-electron chi connectivity index (χ4n) is 3.70. The van der Waals surface area contributed by atoms with Crippen molar-refractivity contribution in [3.63, 3.8) is 0 Å². The largest absolute Gasteiger partial charge is 0.508 e. The molecule has 2 nitrogen and oxygen atoms in total. The van der Waals surface area contributed by atoms with Gasteiger partial charge < -0.3 is 10.2 Å². The van der Waals surface area contributed by atoms with E-state index >= 15 is 17.6 Å². The SMILES string of the molecule is CCCC(F)(F)C(c1ccc(O)cc1)(c1ccc(O)cc1)C(F)(F)CCC. The van der Waals surface area contributed by atoms with Crippen molar-refractivity contribution in [2.75, 3.05) is 0 Å². The summed E-state index contributed by atoms with van der Waals surface area (Å²) in [6.07, 6.45) is -1.41. The van der Waals surface area contributed by atoms with Crippen molar-refractivity contribution in [2.24, 2.45) is 0 Å². The number of hydrogen-bond donors (Lipinski definition) is 2. The highest BCUT2D eigenvalue weighted by atomic mass is 19.3.